The molecule has 4 atom stereocenters. The standard InChI is InChI=1S/C40H46N2O7S/c1-40(2,3)49-38(44)36-14-9-23-42(36)26-33-24-37(30-17-15-28(27-43)16-18-30)48-39(47-33)31-21-19-29(20-22-31)35-13-8-7-10-32(35)25-41-50(45,46)34-11-5-4-6-12-34/h4-8,10-13,15-22,33,36-37,39,41,43H,9,14,23-27H2,1-3H3/t33-,36-,37+,39+/m0/s1. The lowest BCUT2D eigenvalue weighted by atomic mass is 9.97. The van der Waals surface area contributed by atoms with Crippen LogP contribution in [0.25, 0.3) is 11.1 Å². The third-order valence-electron chi connectivity index (χ3n) is 9.11. The number of benzene rings is 4. The number of ether oxygens (including phenoxy) is 3. The Labute approximate surface area is 295 Å². The summed E-state index contributed by atoms with van der Waals surface area (Å²) in [6.07, 6.45) is 1.16. The van der Waals surface area contributed by atoms with Crippen LogP contribution < -0.4 is 4.72 Å². The summed E-state index contributed by atoms with van der Waals surface area (Å²) < 4.78 is 47.5. The van der Waals surface area contributed by atoms with Crippen LogP contribution in [0, 0.1) is 0 Å². The Kier molecular flexibility index (Phi) is 11.2. The highest BCUT2D eigenvalue weighted by atomic mass is 32.2. The molecule has 0 amide bonds. The number of nitrogens with one attached hydrogen (secondary N) is 1. The normalized spacial score (nSPS) is 21.6. The van der Waals surface area contributed by atoms with Gasteiger partial charge in [0, 0.05) is 25.1 Å². The van der Waals surface area contributed by atoms with Crippen molar-refractivity contribution in [3.63, 3.8) is 0 Å². The maximum Gasteiger partial charge on any atom is 0.323 e. The third-order valence-corrected chi connectivity index (χ3v) is 10.5. The second-order valence-corrected chi connectivity index (χ2v) is 15.7. The highest BCUT2D eigenvalue weighted by molar-refractivity contribution is 7.89. The van der Waals surface area contributed by atoms with Gasteiger partial charge in [-0.05, 0) is 80.1 Å². The van der Waals surface area contributed by atoms with Crippen LogP contribution in [0.1, 0.15) is 74.7 Å². The lowest BCUT2D eigenvalue weighted by molar-refractivity contribution is -0.253. The number of esters is 1. The van der Waals surface area contributed by atoms with E-state index in [4.69, 9.17) is 14.2 Å². The fraction of sp³-hybridized carbons (Fsp3) is 0.375. The van der Waals surface area contributed by atoms with Crippen LogP contribution in [-0.2, 0) is 42.2 Å². The molecule has 2 aliphatic heterocycles. The van der Waals surface area contributed by atoms with Crippen molar-refractivity contribution in [1.82, 2.24) is 9.62 Å². The molecule has 6 rings (SSSR count). The average Bonchev–Trinajstić information content (AvgIpc) is 3.59. The lowest BCUT2D eigenvalue weighted by Crippen LogP contribution is -2.45. The molecule has 9 nitrogen and oxygen atoms in total. The summed E-state index contributed by atoms with van der Waals surface area (Å²) >= 11 is 0. The predicted molar refractivity (Wildman–Crippen MR) is 191 cm³/mol. The predicted octanol–water partition coefficient (Wildman–Crippen LogP) is 6.68. The van der Waals surface area contributed by atoms with Gasteiger partial charge in [-0.25, -0.2) is 13.1 Å². The molecule has 0 spiro atoms. The number of hydrogen-bond donors (Lipinski definition) is 2. The summed E-state index contributed by atoms with van der Waals surface area (Å²) in [4.78, 5) is 15.5. The van der Waals surface area contributed by atoms with Crippen molar-refractivity contribution in [2.45, 2.75) is 88.2 Å². The minimum absolute atomic E-state index is 0.0322. The van der Waals surface area contributed by atoms with Crippen molar-refractivity contribution in [2.75, 3.05) is 13.1 Å². The van der Waals surface area contributed by atoms with E-state index >= 15 is 0 Å². The van der Waals surface area contributed by atoms with E-state index in [-0.39, 0.29) is 42.3 Å². The van der Waals surface area contributed by atoms with Crippen molar-refractivity contribution in [3.8, 4) is 11.1 Å². The molecule has 0 aliphatic carbocycles. The molecule has 0 aromatic heterocycles. The highest BCUT2D eigenvalue weighted by Crippen LogP contribution is 2.39. The van der Waals surface area contributed by atoms with E-state index in [9.17, 15) is 18.3 Å². The molecule has 4 aromatic carbocycles. The molecule has 264 valence electrons. The Morgan fingerprint density at radius 2 is 1.58 bits per heavy atom. The first kappa shape index (κ1) is 35.9. The van der Waals surface area contributed by atoms with Gasteiger partial charge in [0.25, 0.3) is 0 Å². The Balaban J connectivity index is 1.21. The fourth-order valence-electron chi connectivity index (χ4n) is 6.61. The molecule has 0 unspecified atom stereocenters. The minimum Gasteiger partial charge on any atom is -0.459 e. The van der Waals surface area contributed by atoms with Crippen molar-refractivity contribution < 1.29 is 32.5 Å². The summed E-state index contributed by atoms with van der Waals surface area (Å²) in [5, 5.41) is 9.58. The summed E-state index contributed by atoms with van der Waals surface area (Å²) in [5.74, 6) is -0.196. The van der Waals surface area contributed by atoms with Crippen molar-refractivity contribution in [2.24, 2.45) is 0 Å². The number of sulfonamides is 1. The highest BCUT2D eigenvalue weighted by Gasteiger charge is 2.39. The van der Waals surface area contributed by atoms with Gasteiger partial charge in [-0.2, -0.15) is 0 Å². The average molecular weight is 699 g/mol. The molecule has 2 fully saturated rings. The van der Waals surface area contributed by atoms with E-state index < -0.39 is 21.9 Å². The maximum atomic E-state index is 13.1. The molecule has 10 heteroatoms. The van der Waals surface area contributed by atoms with E-state index in [1.165, 1.54) is 0 Å². The number of nitrogens with zero attached hydrogens (tertiary/aromatic N) is 1. The number of rotatable bonds is 11. The van der Waals surface area contributed by atoms with Crippen LogP contribution in [0.5, 0.6) is 0 Å². The molecule has 0 bridgehead atoms. The summed E-state index contributed by atoms with van der Waals surface area (Å²) in [5.41, 5.74) is 4.82. The first-order chi connectivity index (χ1) is 24.0. The summed E-state index contributed by atoms with van der Waals surface area (Å²) in [7, 11) is -3.67. The Morgan fingerprint density at radius 1 is 0.900 bits per heavy atom. The molecular formula is C40H46N2O7S. The van der Waals surface area contributed by atoms with Crippen LogP contribution in [0.3, 0.4) is 0 Å². The lowest BCUT2D eigenvalue weighted by Gasteiger charge is -2.38. The van der Waals surface area contributed by atoms with Gasteiger partial charge in [-0.1, -0.05) is 91.0 Å². The van der Waals surface area contributed by atoms with E-state index in [1.54, 1.807) is 30.3 Å². The second kappa shape index (κ2) is 15.6. The zero-order valence-corrected chi connectivity index (χ0v) is 29.6. The first-order valence-electron chi connectivity index (χ1n) is 17.2. The molecular weight excluding hydrogens is 653 g/mol. The maximum absolute atomic E-state index is 13.1. The third kappa shape index (κ3) is 8.87. The molecule has 2 N–H and O–H groups in total. The van der Waals surface area contributed by atoms with Crippen LogP contribution in [0.2, 0.25) is 0 Å². The van der Waals surface area contributed by atoms with Gasteiger partial charge in [0.2, 0.25) is 10.0 Å². The smallest absolute Gasteiger partial charge is 0.323 e. The molecule has 0 radical (unpaired) electrons. The van der Waals surface area contributed by atoms with E-state index in [2.05, 4.69) is 9.62 Å². The largest absolute Gasteiger partial charge is 0.459 e. The van der Waals surface area contributed by atoms with Gasteiger partial charge in [0.1, 0.15) is 11.6 Å². The van der Waals surface area contributed by atoms with Crippen LogP contribution >= 0.6 is 0 Å². The second-order valence-electron chi connectivity index (χ2n) is 14.0. The first-order valence-corrected chi connectivity index (χ1v) is 18.7. The van der Waals surface area contributed by atoms with Gasteiger partial charge in [0.15, 0.2) is 6.29 Å². The van der Waals surface area contributed by atoms with Crippen molar-refractivity contribution in [1.29, 1.82) is 0 Å². The number of hydrogen-bond acceptors (Lipinski definition) is 8. The molecule has 2 aliphatic rings. The van der Waals surface area contributed by atoms with Crippen LogP contribution in [0.4, 0.5) is 0 Å². The van der Waals surface area contributed by atoms with Crippen molar-refractivity contribution in [3.05, 3.63) is 125 Å². The minimum atomic E-state index is -3.67. The number of aliphatic hydroxyl groups excluding tert-OH is 1. The summed E-state index contributed by atoms with van der Waals surface area (Å²) in [6.45, 7) is 7.14. The van der Waals surface area contributed by atoms with Gasteiger partial charge in [-0.15, -0.1) is 0 Å². The zero-order valence-electron chi connectivity index (χ0n) is 28.8. The number of aliphatic hydroxyl groups is 1. The number of carbonyl (C=O) groups excluding carboxylic acids is 1. The SMILES string of the molecule is CC(C)(C)OC(=O)[C@@H]1CCCN1C[C@@H]1C[C@H](c2ccc(CO)cc2)O[C@H](c2ccc(-c3ccccc3CNS(=O)(=O)c3ccccc3)cc2)O1. The Bertz CT molecular complexity index is 1840. The van der Waals surface area contributed by atoms with E-state index in [0.29, 0.717) is 13.0 Å². The molecule has 2 heterocycles. The van der Waals surface area contributed by atoms with E-state index in [0.717, 1.165) is 52.8 Å². The monoisotopic (exact) mass is 698 g/mol. The van der Waals surface area contributed by atoms with Crippen LogP contribution in [-0.4, -0.2) is 55.2 Å². The van der Waals surface area contributed by atoms with Gasteiger partial charge < -0.3 is 19.3 Å². The molecule has 4 aromatic rings. The fourth-order valence-corrected chi connectivity index (χ4v) is 7.64. The molecule has 2 saturated heterocycles. The Morgan fingerprint density at radius 3 is 2.28 bits per heavy atom. The topological polar surface area (TPSA) is 114 Å². The van der Waals surface area contributed by atoms with Gasteiger partial charge in [0.05, 0.1) is 23.7 Å². The van der Waals surface area contributed by atoms with E-state index in [1.807, 2.05) is 93.6 Å². The molecule has 0 saturated carbocycles. The summed E-state index contributed by atoms with van der Waals surface area (Å²) in [6, 6.07) is 31.5. The number of likely N-dealkylation sites (tertiary alicyclic amines) is 1. The Hall–Kier alpha value is -3.90. The van der Waals surface area contributed by atoms with Crippen LogP contribution in [0.15, 0.2) is 108 Å². The van der Waals surface area contributed by atoms with Gasteiger partial charge in [-0.3, -0.25) is 9.69 Å². The number of carbonyl (C=O) groups is 1. The van der Waals surface area contributed by atoms with Gasteiger partial charge >= 0.3 is 5.97 Å². The quantitative estimate of drug-likeness (QED) is 0.167. The zero-order chi connectivity index (χ0) is 35.3. The molecule has 50 heavy (non-hydrogen) atoms. The van der Waals surface area contributed by atoms with Crippen molar-refractivity contribution >= 4 is 16.0 Å².